The van der Waals surface area contributed by atoms with E-state index >= 15 is 0 Å². The van der Waals surface area contributed by atoms with Gasteiger partial charge in [-0.05, 0) is 18.8 Å². The van der Waals surface area contributed by atoms with Gasteiger partial charge in [0, 0.05) is 57.3 Å². The lowest BCUT2D eigenvalue weighted by atomic mass is 9.79. The lowest BCUT2D eigenvalue weighted by Gasteiger charge is -2.50. The van der Waals surface area contributed by atoms with Crippen molar-refractivity contribution in [1.29, 1.82) is 0 Å². The van der Waals surface area contributed by atoms with Gasteiger partial charge in [-0.15, -0.1) is 11.3 Å². The quantitative estimate of drug-likeness (QED) is 0.839. The second-order valence-electron chi connectivity index (χ2n) is 6.88. The Balaban J connectivity index is 1.25. The van der Waals surface area contributed by atoms with E-state index in [9.17, 15) is 4.79 Å². The monoisotopic (exact) mass is 361 g/mol. The van der Waals surface area contributed by atoms with E-state index in [2.05, 4.69) is 20.2 Å². The predicted octanol–water partition coefficient (Wildman–Crippen LogP) is 1.29. The summed E-state index contributed by atoms with van der Waals surface area (Å²) in [5.41, 5.74) is -0.0226. The van der Waals surface area contributed by atoms with Crippen molar-refractivity contribution in [2.75, 3.05) is 26.2 Å². The maximum atomic E-state index is 12.1. The number of nitrogens with one attached hydrogen (secondary N) is 1. The number of thiazole rings is 1. The molecule has 8 heteroatoms. The van der Waals surface area contributed by atoms with E-state index in [-0.39, 0.29) is 11.5 Å². The van der Waals surface area contributed by atoms with Gasteiger partial charge in [0.1, 0.15) is 5.01 Å². The number of nitrogens with zero attached hydrogens (tertiary/aromatic N) is 4. The van der Waals surface area contributed by atoms with Crippen LogP contribution < -0.4 is 5.32 Å². The SMILES string of the molecule is Cn1ccnc1C(=O)NCC[C@H]1CCOC12CN(Cc1nccs1)C2. The minimum Gasteiger partial charge on any atom is -0.372 e. The van der Waals surface area contributed by atoms with Crippen LogP contribution in [0.5, 0.6) is 0 Å². The van der Waals surface area contributed by atoms with Crippen LogP contribution in [-0.2, 0) is 18.3 Å². The van der Waals surface area contributed by atoms with Gasteiger partial charge in [-0.2, -0.15) is 0 Å². The van der Waals surface area contributed by atoms with Crippen LogP contribution in [0.1, 0.15) is 28.5 Å². The van der Waals surface area contributed by atoms with E-state index in [0.717, 1.165) is 44.1 Å². The molecule has 2 aromatic rings. The van der Waals surface area contributed by atoms with Gasteiger partial charge in [-0.25, -0.2) is 9.97 Å². The fraction of sp³-hybridized carbons (Fsp3) is 0.588. The third-order valence-electron chi connectivity index (χ3n) is 5.23. The minimum absolute atomic E-state index is 0.0226. The highest BCUT2D eigenvalue weighted by atomic mass is 32.1. The number of hydrogen-bond donors (Lipinski definition) is 1. The molecule has 1 spiro atoms. The van der Waals surface area contributed by atoms with Crippen LogP contribution >= 0.6 is 11.3 Å². The molecule has 1 atom stereocenters. The third-order valence-corrected chi connectivity index (χ3v) is 5.99. The Kier molecular flexibility index (Phi) is 4.58. The number of amides is 1. The summed E-state index contributed by atoms with van der Waals surface area (Å²) >= 11 is 1.70. The second kappa shape index (κ2) is 6.86. The Labute approximate surface area is 151 Å². The molecule has 4 rings (SSSR count). The molecule has 2 aromatic heterocycles. The number of likely N-dealkylation sites (tertiary alicyclic amines) is 1. The van der Waals surface area contributed by atoms with Crippen LogP contribution in [-0.4, -0.2) is 57.2 Å². The van der Waals surface area contributed by atoms with Crippen molar-refractivity contribution >= 4 is 17.2 Å². The van der Waals surface area contributed by atoms with Gasteiger partial charge >= 0.3 is 0 Å². The Morgan fingerprint density at radius 2 is 2.32 bits per heavy atom. The van der Waals surface area contributed by atoms with Crippen molar-refractivity contribution < 1.29 is 9.53 Å². The van der Waals surface area contributed by atoms with Gasteiger partial charge < -0.3 is 14.6 Å². The highest BCUT2D eigenvalue weighted by Gasteiger charge is 2.52. The van der Waals surface area contributed by atoms with Crippen LogP contribution in [0.4, 0.5) is 0 Å². The van der Waals surface area contributed by atoms with E-state index in [1.807, 2.05) is 18.6 Å². The average Bonchev–Trinajstić information content (AvgIpc) is 3.28. The van der Waals surface area contributed by atoms with Gasteiger partial charge in [-0.3, -0.25) is 9.69 Å². The Morgan fingerprint density at radius 1 is 1.44 bits per heavy atom. The molecule has 2 aliphatic rings. The van der Waals surface area contributed by atoms with E-state index in [1.165, 1.54) is 0 Å². The van der Waals surface area contributed by atoms with Crippen molar-refractivity contribution in [1.82, 2.24) is 24.8 Å². The number of imidazole rings is 1. The number of aromatic nitrogens is 3. The molecule has 0 aromatic carbocycles. The molecule has 2 saturated heterocycles. The normalized spacial score (nSPS) is 22.2. The van der Waals surface area contributed by atoms with Crippen LogP contribution in [0.3, 0.4) is 0 Å². The smallest absolute Gasteiger partial charge is 0.287 e. The summed E-state index contributed by atoms with van der Waals surface area (Å²) in [5, 5.41) is 6.16. The van der Waals surface area contributed by atoms with Crippen molar-refractivity contribution in [3.63, 3.8) is 0 Å². The molecule has 0 bridgehead atoms. The Morgan fingerprint density at radius 3 is 3.04 bits per heavy atom. The second-order valence-corrected chi connectivity index (χ2v) is 7.86. The van der Waals surface area contributed by atoms with Crippen LogP contribution in [0.25, 0.3) is 0 Å². The molecule has 0 saturated carbocycles. The molecular weight excluding hydrogens is 338 g/mol. The zero-order valence-corrected chi connectivity index (χ0v) is 15.2. The van der Waals surface area contributed by atoms with Gasteiger partial charge in [0.15, 0.2) is 5.82 Å². The number of hydrogen-bond acceptors (Lipinski definition) is 6. The number of carbonyl (C=O) groups is 1. The molecule has 4 heterocycles. The summed E-state index contributed by atoms with van der Waals surface area (Å²) in [5.74, 6) is 0.844. The number of carbonyl (C=O) groups excluding carboxylic acids is 1. The molecular formula is C17H23N5O2S. The first kappa shape index (κ1) is 16.7. The van der Waals surface area contributed by atoms with Gasteiger partial charge in [0.05, 0.1) is 12.1 Å². The predicted molar refractivity (Wildman–Crippen MR) is 94.3 cm³/mol. The maximum Gasteiger partial charge on any atom is 0.287 e. The van der Waals surface area contributed by atoms with Crippen LogP contribution in [0.15, 0.2) is 24.0 Å². The molecule has 7 nitrogen and oxygen atoms in total. The molecule has 25 heavy (non-hydrogen) atoms. The van der Waals surface area contributed by atoms with E-state index in [1.54, 1.807) is 28.3 Å². The van der Waals surface area contributed by atoms with Crippen molar-refractivity contribution in [2.24, 2.45) is 13.0 Å². The van der Waals surface area contributed by atoms with Crippen molar-refractivity contribution in [2.45, 2.75) is 25.0 Å². The largest absolute Gasteiger partial charge is 0.372 e. The number of rotatable bonds is 6. The van der Waals surface area contributed by atoms with Crippen LogP contribution in [0.2, 0.25) is 0 Å². The summed E-state index contributed by atoms with van der Waals surface area (Å²) in [6, 6.07) is 0. The summed E-state index contributed by atoms with van der Waals surface area (Å²) in [6.07, 6.45) is 7.29. The highest BCUT2D eigenvalue weighted by Crippen LogP contribution is 2.42. The molecule has 1 N–H and O–H groups in total. The van der Waals surface area contributed by atoms with Crippen molar-refractivity contribution in [3.05, 3.63) is 34.8 Å². The molecule has 0 unspecified atom stereocenters. The summed E-state index contributed by atoms with van der Waals surface area (Å²) in [6.45, 7) is 4.32. The number of aryl methyl sites for hydroxylation is 1. The lowest BCUT2D eigenvalue weighted by Crippen LogP contribution is -2.64. The molecule has 2 aliphatic heterocycles. The molecule has 0 radical (unpaired) electrons. The van der Waals surface area contributed by atoms with Gasteiger partial charge in [-0.1, -0.05) is 0 Å². The van der Waals surface area contributed by atoms with Crippen molar-refractivity contribution in [3.8, 4) is 0 Å². The first-order valence-electron chi connectivity index (χ1n) is 8.66. The third kappa shape index (κ3) is 3.33. The maximum absolute atomic E-state index is 12.1. The highest BCUT2D eigenvalue weighted by molar-refractivity contribution is 7.09. The summed E-state index contributed by atoms with van der Waals surface area (Å²) in [7, 11) is 1.83. The fourth-order valence-corrected chi connectivity index (χ4v) is 4.57. The Hall–Kier alpha value is -1.77. The minimum atomic E-state index is -0.112. The summed E-state index contributed by atoms with van der Waals surface area (Å²) in [4.78, 5) is 23.0. The lowest BCUT2D eigenvalue weighted by molar-refractivity contribution is -0.136. The van der Waals surface area contributed by atoms with Crippen LogP contribution in [0, 0.1) is 5.92 Å². The van der Waals surface area contributed by atoms with Gasteiger partial charge in [0.2, 0.25) is 0 Å². The first-order valence-corrected chi connectivity index (χ1v) is 9.54. The molecule has 1 amide bonds. The molecule has 2 fully saturated rings. The molecule has 134 valence electrons. The van der Waals surface area contributed by atoms with Gasteiger partial charge in [0.25, 0.3) is 5.91 Å². The zero-order chi connectivity index (χ0) is 17.3. The standard InChI is InChI=1S/C17H23N5O2S/c1-21-7-5-19-15(21)16(23)20-4-2-13-3-8-24-17(13)11-22(12-17)10-14-18-6-9-25-14/h5-7,9,13H,2-4,8,10-12H2,1H3,(H,20,23)/t13-/m0/s1. The van der Waals surface area contributed by atoms with E-state index in [0.29, 0.717) is 18.3 Å². The fourth-order valence-electron chi connectivity index (χ4n) is 3.91. The number of ether oxygens (including phenoxy) is 1. The summed E-state index contributed by atoms with van der Waals surface area (Å²) < 4.78 is 7.83. The Bertz CT molecular complexity index is 723. The van der Waals surface area contributed by atoms with E-state index < -0.39 is 0 Å². The first-order chi connectivity index (χ1) is 12.2. The zero-order valence-electron chi connectivity index (χ0n) is 14.4. The molecule has 0 aliphatic carbocycles. The average molecular weight is 361 g/mol. The van der Waals surface area contributed by atoms with E-state index in [4.69, 9.17) is 4.74 Å². The topological polar surface area (TPSA) is 72.3 Å².